The van der Waals surface area contributed by atoms with Crippen molar-refractivity contribution in [3.05, 3.63) is 87.8 Å². The number of nitriles is 1. The number of piperidine rings is 3. The Bertz CT molecular complexity index is 2460. The molecule has 12 heteroatoms. The first kappa shape index (κ1) is 36.0. The number of imide groups is 1. The van der Waals surface area contributed by atoms with Crippen LogP contribution in [-0.2, 0) is 16.6 Å². The molecule has 0 aliphatic carbocycles. The summed E-state index contributed by atoms with van der Waals surface area (Å²) >= 11 is 0. The summed E-state index contributed by atoms with van der Waals surface area (Å²) in [5.41, 5.74) is 9.01. The van der Waals surface area contributed by atoms with E-state index in [0.29, 0.717) is 30.2 Å². The zero-order valence-corrected chi connectivity index (χ0v) is 32.5. The van der Waals surface area contributed by atoms with Crippen LogP contribution in [0.5, 0.6) is 0 Å². The van der Waals surface area contributed by atoms with Gasteiger partial charge in [0, 0.05) is 75.3 Å². The third-order valence-electron chi connectivity index (χ3n) is 12.9. The maximum atomic E-state index is 13.2. The number of anilines is 4. The second kappa shape index (κ2) is 14.4. The molecule has 288 valence electrons. The summed E-state index contributed by atoms with van der Waals surface area (Å²) < 4.78 is 3.57. The average molecular weight is 752 g/mol. The first-order chi connectivity index (χ1) is 27.1. The maximum absolute atomic E-state index is 13.2. The normalized spacial score (nSPS) is 20.1. The van der Waals surface area contributed by atoms with Gasteiger partial charge in [-0.1, -0.05) is 0 Å². The highest BCUT2D eigenvalue weighted by molar-refractivity contribution is 6.00. The number of nitrogens with zero attached hydrogens (tertiary/aromatic N) is 8. The van der Waals surface area contributed by atoms with Crippen molar-refractivity contribution in [1.29, 1.82) is 5.26 Å². The zero-order valence-electron chi connectivity index (χ0n) is 32.5. The van der Waals surface area contributed by atoms with E-state index in [0.717, 1.165) is 116 Å². The van der Waals surface area contributed by atoms with Crippen LogP contribution in [0.1, 0.15) is 67.2 Å². The molecule has 6 heterocycles. The monoisotopic (exact) mass is 751 g/mol. The van der Waals surface area contributed by atoms with Gasteiger partial charge >= 0.3 is 0 Å². The number of aromatic nitrogens is 3. The average Bonchev–Trinajstić information content (AvgIpc) is 3.63. The summed E-state index contributed by atoms with van der Waals surface area (Å²) in [6, 6.07) is 20.9. The van der Waals surface area contributed by atoms with Gasteiger partial charge in [-0.05, 0) is 124 Å². The van der Waals surface area contributed by atoms with Crippen LogP contribution in [0.15, 0.2) is 65.6 Å². The van der Waals surface area contributed by atoms with Crippen molar-refractivity contribution in [1.82, 2.24) is 24.6 Å². The summed E-state index contributed by atoms with van der Waals surface area (Å²) in [6.45, 7) is 8.81. The third kappa shape index (κ3) is 6.47. The molecule has 1 N–H and O–H groups in total. The van der Waals surface area contributed by atoms with Crippen LogP contribution < -0.4 is 25.6 Å². The highest BCUT2D eigenvalue weighted by Crippen LogP contribution is 2.43. The van der Waals surface area contributed by atoms with E-state index in [9.17, 15) is 19.6 Å². The molecule has 12 nitrogen and oxygen atoms in total. The lowest BCUT2D eigenvalue weighted by Gasteiger charge is -2.39. The number of amides is 2. The van der Waals surface area contributed by atoms with E-state index in [1.165, 1.54) is 11.3 Å². The van der Waals surface area contributed by atoms with E-state index in [2.05, 4.69) is 79.5 Å². The molecular formula is C44H49N9O3. The van der Waals surface area contributed by atoms with Crippen molar-refractivity contribution in [2.24, 2.45) is 13.0 Å². The van der Waals surface area contributed by atoms with Gasteiger partial charge in [0.1, 0.15) is 6.04 Å². The molecule has 3 saturated heterocycles. The summed E-state index contributed by atoms with van der Waals surface area (Å²) in [4.78, 5) is 47.1. The van der Waals surface area contributed by atoms with Crippen molar-refractivity contribution in [3.8, 4) is 6.07 Å². The third-order valence-corrected chi connectivity index (χ3v) is 12.9. The predicted octanol–water partition coefficient (Wildman–Crippen LogP) is 5.73. The van der Waals surface area contributed by atoms with Gasteiger partial charge in [-0.25, -0.2) is 0 Å². The number of carbonyl (C=O) groups excluding carboxylic acids is 2. The second-order valence-electron chi connectivity index (χ2n) is 16.4. The highest BCUT2D eigenvalue weighted by Gasteiger charge is 2.31. The van der Waals surface area contributed by atoms with E-state index < -0.39 is 6.04 Å². The molecule has 4 aliphatic heterocycles. The Labute approximate surface area is 326 Å². The Morgan fingerprint density at radius 3 is 2.39 bits per heavy atom. The molecule has 1 unspecified atom stereocenters. The smallest absolute Gasteiger partial charge is 0.253 e. The van der Waals surface area contributed by atoms with Gasteiger partial charge in [-0.3, -0.25) is 24.4 Å². The fraction of sp³-hybridized carbons (Fsp3) is 0.432. The Balaban J connectivity index is 0.869. The van der Waals surface area contributed by atoms with E-state index in [1.54, 1.807) is 4.68 Å². The molecule has 3 aromatic carbocycles. The van der Waals surface area contributed by atoms with Gasteiger partial charge in [0.05, 0.1) is 45.9 Å². The molecular weight excluding hydrogens is 703 g/mol. The first-order valence-corrected chi connectivity index (χ1v) is 20.1. The number of fused-ring (bicyclic) bond motifs is 3. The van der Waals surface area contributed by atoms with Crippen LogP contribution in [0, 0.1) is 24.2 Å². The molecule has 5 aromatic rings. The number of benzene rings is 3. The van der Waals surface area contributed by atoms with E-state index in [4.69, 9.17) is 0 Å². The van der Waals surface area contributed by atoms with Crippen LogP contribution in [0.2, 0.25) is 0 Å². The van der Waals surface area contributed by atoms with Crippen LogP contribution in [0.3, 0.4) is 0 Å². The summed E-state index contributed by atoms with van der Waals surface area (Å²) in [7, 11) is 3.99. The summed E-state index contributed by atoms with van der Waals surface area (Å²) in [6.07, 6.45) is 7.08. The van der Waals surface area contributed by atoms with Crippen molar-refractivity contribution >= 4 is 56.4 Å². The molecule has 1 atom stereocenters. The van der Waals surface area contributed by atoms with Crippen molar-refractivity contribution in [3.63, 3.8) is 0 Å². The Kier molecular flexibility index (Phi) is 9.28. The molecule has 9 rings (SSSR count). The molecule has 3 fully saturated rings. The van der Waals surface area contributed by atoms with Crippen LogP contribution in [0.4, 0.5) is 22.7 Å². The van der Waals surface area contributed by atoms with Crippen molar-refractivity contribution in [2.45, 2.75) is 57.4 Å². The molecule has 0 saturated carbocycles. The lowest BCUT2D eigenvalue weighted by molar-refractivity contribution is -0.135. The Morgan fingerprint density at radius 2 is 1.62 bits per heavy atom. The molecule has 0 bridgehead atoms. The van der Waals surface area contributed by atoms with Crippen molar-refractivity contribution in [2.75, 3.05) is 67.6 Å². The van der Waals surface area contributed by atoms with Gasteiger partial charge in [-0.15, -0.1) is 0 Å². The minimum Gasteiger partial charge on any atom is -0.371 e. The first-order valence-electron chi connectivity index (χ1n) is 20.1. The molecule has 0 spiro atoms. The molecule has 2 amide bonds. The van der Waals surface area contributed by atoms with Crippen LogP contribution >= 0.6 is 0 Å². The van der Waals surface area contributed by atoms with Crippen LogP contribution in [-0.4, -0.2) is 83.9 Å². The topological polar surface area (TPSA) is 123 Å². The SMILES string of the molecule is Cc1cc2c(N3CCN(C)c4ccc(C#N)cc43)cc(C3CCN(CC4CCN(c5ccc6c(cnn6C6CCC(=O)NC6=O)c5)CC4)CC3)cc2n(C)c1=O. The summed E-state index contributed by atoms with van der Waals surface area (Å²) in [5.74, 6) is 0.558. The fourth-order valence-corrected chi connectivity index (χ4v) is 9.64. The second-order valence-corrected chi connectivity index (χ2v) is 16.4. The van der Waals surface area contributed by atoms with Crippen molar-refractivity contribution < 1.29 is 9.59 Å². The Morgan fingerprint density at radius 1 is 0.821 bits per heavy atom. The van der Waals surface area contributed by atoms with Gasteiger partial charge in [0.25, 0.3) is 11.5 Å². The van der Waals surface area contributed by atoms with Gasteiger partial charge in [0.2, 0.25) is 5.91 Å². The number of likely N-dealkylation sites (tertiary alicyclic amines) is 1. The lowest BCUT2D eigenvalue weighted by atomic mass is 9.87. The molecule has 0 radical (unpaired) electrons. The maximum Gasteiger partial charge on any atom is 0.253 e. The lowest BCUT2D eigenvalue weighted by Crippen LogP contribution is -2.42. The minimum atomic E-state index is -0.457. The summed E-state index contributed by atoms with van der Waals surface area (Å²) in [5, 5.41) is 18.8. The van der Waals surface area contributed by atoms with E-state index in [-0.39, 0.29) is 17.4 Å². The van der Waals surface area contributed by atoms with Crippen LogP contribution in [0.25, 0.3) is 21.8 Å². The number of rotatable bonds is 6. The number of hydrogen-bond acceptors (Lipinski definition) is 9. The minimum absolute atomic E-state index is 0.0356. The van der Waals surface area contributed by atoms with E-state index in [1.807, 2.05) is 42.9 Å². The molecule has 56 heavy (non-hydrogen) atoms. The number of aryl methyl sites for hydroxylation is 2. The quantitative estimate of drug-likeness (QED) is 0.217. The number of hydrogen-bond donors (Lipinski definition) is 1. The highest BCUT2D eigenvalue weighted by atomic mass is 16.2. The van der Waals surface area contributed by atoms with Gasteiger partial charge in [0.15, 0.2) is 0 Å². The fourth-order valence-electron chi connectivity index (χ4n) is 9.64. The number of pyridine rings is 1. The Hall–Kier alpha value is -5.67. The largest absolute Gasteiger partial charge is 0.371 e. The van der Waals surface area contributed by atoms with E-state index >= 15 is 0 Å². The van der Waals surface area contributed by atoms with Gasteiger partial charge in [-0.2, -0.15) is 10.4 Å². The predicted molar refractivity (Wildman–Crippen MR) is 220 cm³/mol. The standard InChI is InChI=1S/C44H49N9O3/c1-28-20-35-39(49(3)44(28)56)23-32(24-40(35)52-19-18-48(2)37-6-4-30(25-45)21-41(37)52)31-12-14-50(15-13-31)27-29-10-16-51(17-11-29)34-5-7-36-33(22-34)26-46-53(36)38-8-9-42(54)47-43(38)55/h4-7,20-24,26,29,31,38H,8-19,27H2,1-3H3,(H,47,54,55). The van der Waals surface area contributed by atoms with Gasteiger partial charge < -0.3 is 24.2 Å². The molecule has 4 aliphatic rings. The molecule has 2 aromatic heterocycles. The zero-order chi connectivity index (χ0) is 38.7. The number of likely N-dealkylation sites (N-methyl/N-ethyl adjacent to an activating group) is 1. The number of nitrogens with one attached hydrogen (secondary N) is 1. The number of carbonyl (C=O) groups is 2.